The molecule has 3 nitrogen and oxygen atoms in total. The monoisotopic (exact) mass is 184 g/mol. The summed E-state index contributed by atoms with van der Waals surface area (Å²) in [6.07, 6.45) is 4.21. The molecule has 2 aliphatic heterocycles. The molecule has 0 radical (unpaired) electrons. The summed E-state index contributed by atoms with van der Waals surface area (Å²) in [4.78, 5) is 2.37. The van der Waals surface area contributed by atoms with E-state index in [-0.39, 0.29) is 11.6 Å². The van der Waals surface area contributed by atoms with E-state index in [2.05, 4.69) is 17.3 Å². The minimum absolute atomic E-state index is 0.0651. The van der Waals surface area contributed by atoms with E-state index in [0.29, 0.717) is 0 Å². The number of nitrogens with zero attached hydrogens (tertiary/aromatic N) is 1. The highest BCUT2D eigenvalue weighted by atomic mass is 16.3. The highest BCUT2D eigenvalue weighted by Gasteiger charge is 2.37. The molecule has 2 aliphatic rings. The molecule has 2 N–H and O–H groups in total. The van der Waals surface area contributed by atoms with E-state index in [1.54, 1.807) is 0 Å². The Kier molecular flexibility index (Phi) is 2.58. The Morgan fingerprint density at radius 1 is 1.38 bits per heavy atom. The Morgan fingerprint density at radius 2 is 2.08 bits per heavy atom. The van der Waals surface area contributed by atoms with Crippen LogP contribution >= 0.6 is 0 Å². The first kappa shape index (κ1) is 9.44. The third-order valence-electron chi connectivity index (χ3n) is 3.55. The van der Waals surface area contributed by atoms with Crippen LogP contribution in [0.4, 0.5) is 0 Å². The zero-order chi connectivity index (χ0) is 9.31. The second kappa shape index (κ2) is 3.56. The van der Waals surface area contributed by atoms with Crippen molar-refractivity contribution in [1.29, 1.82) is 0 Å². The molecule has 2 fully saturated rings. The fourth-order valence-corrected chi connectivity index (χ4v) is 2.56. The van der Waals surface area contributed by atoms with Crippen LogP contribution in [0, 0.1) is 0 Å². The van der Waals surface area contributed by atoms with Gasteiger partial charge in [-0.2, -0.15) is 0 Å². The lowest BCUT2D eigenvalue weighted by atomic mass is 9.79. The maximum atomic E-state index is 9.64. The smallest absolute Gasteiger partial charge is 0.0570 e. The molecule has 76 valence electrons. The molecule has 2 heterocycles. The van der Waals surface area contributed by atoms with Gasteiger partial charge in [0.25, 0.3) is 0 Å². The molecule has 1 unspecified atom stereocenters. The molecule has 0 aromatic rings. The van der Waals surface area contributed by atoms with Crippen LogP contribution in [-0.2, 0) is 0 Å². The van der Waals surface area contributed by atoms with E-state index in [1.807, 2.05) is 0 Å². The number of aliphatic hydroxyl groups excluding tert-OH is 1. The van der Waals surface area contributed by atoms with Crippen LogP contribution in [-0.4, -0.2) is 48.3 Å². The molecule has 0 bridgehead atoms. The molecule has 3 heteroatoms. The molecule has 0 aromatic heterocycles. The standard InChI is InChI=1S/C10H20N2O/c1-12-6-3-10(4-7-12)8-9(13)2-5-11-10/h9,11,13H,2-8H2,1H3. The minimum Gasteiger partial charge on any atom is -0.393 e. The molecule has 2 rings (SSSR count). The van der Waals surface area contributed by atoms with E-state index in [0.717, 1.165) is 19.4 Å². The van der Waals surface area contributed by atoms with Gasteiger partial charge in [0.05, 0.1) is 6.10 Å². The fourth-order valence-electron chi connectivity index (χ4n) is 2.56. The maximum absolute atomic E-state index is 9.64. The summed E-state index contributed by atoms with van der Waals surface area (Å²) in [5.41, 5.74) is 0.268. The highest BCUT2D eigenvalue weighted by molar-refractivity contribution is 4.97. The summed E-state index contributed by atoms with van der Waals surface area (Å²) in [6, 6.07) is 0. The van der Waals surface area contributed by atoms with Crippen LogP contribution in [0.15, 0.2) is 0 Å². The summed E-state index contributed by atoms with van der Waals surface area (Å²) >= 11 is 0. The lowest BCUT2D eigenvalue weighted by Gasteiger charge is -2.45. The molecular formula is C10H20N2O. The van der Waals surface area contributed by atoms with E-state index in [4.69, 9.17) is 0 Å². The summed E-state index contributed by atoms with van der Waals surface area (Å²) < 4.78 is 0. The molecule has 0 amide bonds. The number of aliphatic hydroxyl groups is 1. The second-order valence-electron chi connectivity index (χ2n) is 4.66. The predicted molar refractivity (Wildman–Crippen MR) is 52.7 cm³/mol. The average Bonchev–Trinajstić information content (AvgIpc) is 2.11. The Labute approximate surface area is 80.1 Å². The van der Waals surface area contributed by atoms with E-state index in [9.17, 15) is 5.11 Å². The Morgan fingerprint density at radius 3 is 2.69 bits per heavy atom. The van der Waals surface area contributed by atoms with Gasteiger partial charge in [-0.05, 0) is 52.4 Å². The van der Waals surface area contributed by atoms with Crippen molar-refractivity contribution >= 4 is 0 Å². The third kappa shape index (κ3) is 2.03. The normalized spacial score (nSPS) is 35.1. The second-order valence-corrected chi connectivity index (χ2v) is 4.66. The van der Waals surface area contributed by atoms with Crippen LogP contribution in [0.3, 0.4) is 0 Å². The number of piperidine rings is 2. The molecule has 1 atom stereocenters. The summed E-state index contributed by atoms with van der Waals surface area (Å²) in [7, 11) is 2.17. The summed E-state index contributed by atoms with van der Waals surface area (Å²) in [5.74, 6) is 0. The zero-order valence-corrected chi connectivity index (χ0v) is 8.42. The molecule has 0 aromatic carbocycles. The topological polar surface area (TPSA) is 35.5 Å². The maximum Gasteiger partial charge on any atom is 0.0570 e. The number of likely N-dealkylation sites (tertiary alicyclic amines) is 1. The van der Waals surface area contributed by atoms with E-state index in [1.165, 1.54) is 25.9 Å². The van der Waals surface area contributed by atoms with Gasteiger partial charge >= 0.3 is 0 Å². The fraction of sp³-hybridized carbons (Fsp3) is 1.00. The van der Waals surface area contributed by atoms with Crippen LogP contribution in [0.5, 0.6) is 0 Å². The molecule has 2 saturated heterocycles. The first-order chi connectivity index (χ1) is 6.20. The van der Waals surface area contributed by atoms with Gasteiger partial charge in [0.15, 0.2) is 0 Å². The van der Waals surface area contributed by atoms with Gasteiger partial charge < -0.3 is 15.3 Å². The van der Waals surface area contributed by atoms with Gasteiger partial charge in [0.2, 0.25) is 0 Å². The minimum atomic E-state index is -0.0651. The number of rotatable bonds is 0. The highest BCUT2D eigenvalue weighted by Crippen LogP contribution is 2.29. The largest absolute Gasteiger partial charge is 0.393 e. The van der Waals surface area contributed by atoms with Crippen molar-refractivity contribution in [2.75, 3.05) is 26.7 Å². The van der Waals surface area contributed by atoms with Crippen molar-refractivity contribution in [3.8, 4) is 0 Å². The van der Waals surface area contributed by atoms with Crippen molar-refractivity contribution in [2.45, 2.75) is 37.3 Å². The number of hydrogen-bond acceptors (Lipinski definition) is 3. The van der Waals surface area contributed by atoms with Gasteiger partial charge in [-0.3, -0.25) is 0 Å². The van der Waals surface area contributed by atoms with Crippen LogP contribution in [0.1, 0.15) is 25.7 Å². The van der Waals surface area contributed by atoms with Crippen molar-refractivity contribution in [3.63, 3.8) is 0 Å². The lowest BCUT2D eigenvalue weighted by molar-refractivity contribution is 0.0438. The molecule has 13 heavy (non-hydrogen) atoms. The van der Waals surface area contributed by atoms with Gasteiger partial charge in [0, 0.05) is 5.54 Å². The zero-order valence-electron chi connectivity index (χ0n) is 8.42. The van der Waals surface area contributed by atoms with E-state index < -0.39 is 0 Å². The van der Waals surface area contributed by atoms with Crippen molar-refractivity contribution in [2.24, 2.45) is 0 Å². The average molecular weight is 184 g/mol. The number of hydrogen-bond donors (Lipinski definition) is 2. The Balaban J connectivity index is 1.95. The molecule has 0 saturated carbocycles. The van der Waals surface area contributed by atoms with Gasteiger partial charge in [-0.1, -0.05) is 0 Å². The van der Waals surface area contributed by atoms with E-state index >= 15 is 0 Å². The molecule has 1 spiro atoms. The van der Waals surface area contributed by atoms with Crippen molar-refractivity contribution in [1.82, 2.24) is 10.2 Å². The first-order valence-electron chi connectivity index (χ1n) is 5.32. The van der Waals surface area contributed by atoms with Crippen molar-refractivity contribution < 1.29 is 5.11 Å². The van der Waals surface area contributed by atoms with Gasteiger partial charge in [0.1, 0.15) is 0 Å². The SMILES string of the molecule is CN1CCC2(CC1)CC(O)CCN2. The summed E-state index contributed by atoms with van der Waals surface area (Å²) in [6.45, 7) is 3.32. The third-order valence-corrected chi connectivity index (χ3v) is 3.55. The lowest BCUT2D eigenvalue weighted by Crippen LogP contribution is -2.57. The number of nitrogens with one attached hydrogen (secondary N) is 1. The van der Waals surface area contributed by atoms with Crippen LogP contribution in [0.25, 0.3) is 0 Å². The van der Waals surface area contributed by atoms with Crippen LogP contribution < -0.4 is 5.32 Å². The Hall–Kier alpha value is -0.120. The molecular weight excluding hydrogens is 164 g/mol. The van der Waals surface area contributed by atoms with Gasteiger partial charge in [-0.15, -0.1) is 0 Å². The predicted octanol–water partition coefficient (Wildman–Crippen LogP) is 0.195. The quantitative estimate of drug-likeness (QED) is 0.564. The summed E-state index contributed by atoms with van der Waals surface area (Å²) in [5, 5.41) is 13.2. The van der Waals surface area contributed by atoms with Crippen molar-refractivity contribution in [3.05, 3.63) is 0 Å². The van der Waals surface area contributed by atoms with Crippen LogP contribution in [0.2, 0.25) is 0 Å². The molecule has 0 aliphatic carbocycles. The van der Waals surface area contributed by atoms with Gasteiger partial charge in [-0.25, -0.2) is 0 Å². The first-order valence-corrected chi connectivity index (χ1v) is 5.32. The Bertz CT molecular complexity index is 176.